The molecule has 1 aromatic rings. The van der Waals surface area contributed by atoms with Crippen LogP contribution < -0.4 is 10.1 Å². The van der Waals surface area contributed by atoms with E-state index in [4.69, 9.17) is 4.74 Å². The van der Waals surface area contributed by atoms with Crippen LogP contribution in [0.5, 0.6) is 5.75 Å². The van der Waals surface area contributed by atoms with Crippen LogP contribution in [-0.2, 0) is 4.79 Å². The van der Waals surface area contributed by atoms with Crippen LogP contribution in [0.25, 0.3) is 0 Å². The smallest absolute Gasteiger partial charge is 0.226 e. The molecule has 1 amide bonds. The van der Waals surface area contributed by atoms with E-state index in [2.05, 4.69) is 25.2 Å². The molecule has 4 nitrogen and oxygen atoms in total. The standard InChI is InChI=1S/C16H24N2O2/c1-12-4-5-15(13(2)10-12)20-9-6-16(19)18-8-7-17-11-14(18)3/h4-5,10,14,17H,6-9,11H2,1-3H3/t14-/m0/s1. The monoisotopic (exact) mass is 276 g/mol. The van der Waals surface area contributed by atoms with Crippen LogP contribution in [0.2, 0.25) is 0 Å². The molecule has 1 aromatic carbocycles. The molecule has 2 rings (SSSR count). The number of ether oxygens (including phenoxy) is 1. The Labute approximate surface area is 121 Å². The predicted molar refractivity (Wildman–Crippen MR) is 80.1 cm³/mol. The quantitative estimate of drug-likeness (QED) is 0.913. The summed E-state index contributed by atoms with van der Waals surface area (Å²) in [5, 5.41) is 3.29. The maximum Gasteiger partial charge on any atom is 0.226 e. The highest BCUT2D eigenvalue weighted by Crippen LogP contribution is 2.19. The van der Waals surface area contributed by atoms with Crippen LogP contribution in [0.1, 0.15) is 24.5 Å². The van der Waals surface area contributed by atoms with Crippen molar-refractivity contribution in [3.05, 3.63) is 29.3 Å². The molecule has 0 bridgehead atoms. The van der Waals surface area contributed by atoms with Crippen LogP contribution in [0.4, 0.5) is 0 Å². The molecule has 1 saturated heterocycles. The first-order valence-corrected chi connectivity index (χ1v) is 7.28. The summed E-state index contributed by atoms with van der Waals surface area (Å²) in [6.07, 6.45) is 0.442. The van der Waals surface area contributed by atoms with E-state index in [-0.39, 0.29) is 11.9 Å². The molecular formula is C16H24N2O2. The SMILES string of the molecule is Cc1ccc(OCCC(=O)N2CCNC[C@@H]2C)c(C)c1. The summed E-state index contributed by atoms with van der Waals surface area (Å²) in [4.78, 5) is 14.1. The fourth-order valence-corrected chi connectivity index (χ4v) is 2.56. The second-order valence-electron chi connectivity index (χ2n) is 5.51. The van der Waals surface area contributed by atoms with Crippen LogP contribution >= 0.6 is 0 Å². The number of rotatable bonds is 4. The van der Waals surface area contributed by atoms with E-state index in [1.807, 2.05) is 24.0 Å². The maximum absolute atomic E-state index is 12.2. The van der Waals surface area contributed by atoms with Gasteiger partial charge in [-0.15, -0.1) is 0 Å². The third-order valence-electron chi connectivity index (χ3n) is 3.73. The lowest BCUT2D eigenvalue weighted by molar-refractivity contribution is -0.134. The predicted octanol–water partition coefficient (Wildman–Crippen LogP) is 1.89. The largest absolute Gasteiger partial charge is 0.493 e. The molecule has 110 valence electrons. The normalized spacial score (nSPS) is 18.9. The Morgan fingerprint density at radius 2 is 2.25 bits per heavy atom. The molecule has 1 aliphatic rings. The van der Waals surface area contributed by atoms with Crippen molar-refractivity contribution in [1.29, 1.82) is 0 Å². The van der Waals surface area contributed by atoms with Crippen molar-refractivity contribution < 1.29 is 9.53 Å². The van der Waals surface area contributed by atoms with Gasteiger partial charge in [0.05, 0.1) is 13.0 Å². The van der Waals surface area contributed by atoms with Crippen molar-refractivity contribution in [2.45, 2.75) is 33.2 Å². The summed E-state index contributed by atoms with van der Waals surface area (Å²) in [5.74, 6) is 1.06. The van der Waals surface area contributed by atoms with Gasteiger partial charge in [0.25, 0.3) is 0 Å². The van der Waals surface area contributed by atoms with Crippen LogP contribution in [0, 0.1) is 13.8 Å². The van der Waals surface area contributed by atoms with Gasteiger partial charge < -0.3 is 15.0 Å². The van der Waals surface area contributed by atoms with Gasteiger partial charge >= 0.3 is 0 Å². The lowest BCUT2D eigenvalue weighted by Gasteiger charge is -2.34. The molecule has 4 heteroatoms. The highest BCUT2D eigenvalue weighted by molar-refractivity contribution is 5.76. The molecule has 1 fully saturated rings. The summed E-state index contributed by atoms with van der Waals surface area (Å²) in [6.45, 7) is 9.17. The zero-order valence-electron chi connectivity index (χ0n) is 12.6. The number of piperazine rings is 1. The number of amides is 1. The summed E-state index contributed by atoms with van der Waals surface area (Å²) in [6, 6.07) is 6.37. The van der Waals surface area contributed by atoms with Gasteiger partial charge in [0.15, 0.2) is 0 Å². The van der Waals surface area contributed by atoms with Gasteiger partial charge in [-0.1, -0.05) is 17.7 Å². The van der Waals surface area contributed by atoms with Gasteiger partial charge in [0.2, 0.25) is 5.91 Å². The number of hydrogen-bond donors (Lipinski definition) is 1. The highest BCUT2D eigenvalue weighted by atomic mass is 16.5. The zero-order valence-corrected chi connectivity index (χ0v) is 12.6. The van der Waals surface area contributed by atoms with E-state index in [1.54, 1.807) is 0 Å². The van der Waals surface area contributed by atoms with E-state index < -0.39 is 0 Å². The minimum atomic E-state index is 0.184. The minimum Gasteiger partial charge on any atom is -0.493 e. The van der Waals surface area contributed by atoms with Crippen molar-refractivity contribution >= 4 is 5.91 Å². The van der Waals surface area contributed by atoms with E-state index in [0.717, 1.165) is 30.9 Å². The van der Waals surface area contributed by atoms with Crippen molar-refractivity contribution in [3.63, 3.8) is 0 Å². The lowest BCUT2D eigenvalue weighted by Crippen LogP contribution is -2.52. The van der Waals surface area contributed by atoms with Crippen molar-refractivity contribution in [1.82, 2.24) is 10.2 Å². The highest BCUT2D eigenvalue weighted by Gasteiger charge is 2.22. The van der Waals surface area contributed by atoms with E-state index in [1.165, 1.54) is 5.56 Å². The van der Waals surface area contributed by atoms with Gasteiger partial charge in [-0.25, -0.2) is 0 Å². The molecule has 1 heterocycles. The molecular weight excluding hydrogens is 252 g/mol. The average molecular weight is 276 g/mol. The van der Waals surface area contributed by atoms with Gasteiger partial charge in [0.1, 0.15) is 5.75 Å². The van der Waals surface area contributed by atoms with Gasteiger partial charge in [-0.2, -0.15) is 0 Å². The first-order valence-electron chi connectivity index (χ1n) is 7.28. The maximum atomic E-state index is 12.2. The van der Waals surface area contributed by atoms with Gasteiger partial charge in [-0.3, -0.25) is 4.79 Å². The van der Waals surface area contributed by atoms with Crippen LogP contribution in [-0.4, -0.2) is 43.1 Å². The Hall–Kier alpha value is -1.55. The Morgan fingerprint density at radius 3 is 2.95 bits per heavy atom. The second-order valence-corrected chi connectivity index (χ2v) is 5.51. The van der Waals surface area contributed by atoms with Crippen molar-refractivity contribution in [2.75, 3.05) is 26.2 Å². The fraction of sp³-hybridized carbons (Fsp3) is 0.562. The number of nitrogens with zero attached hydrogens (tertiary/aromatic N) is 1. The van der Waals surface area contributed by atoms with E-state index >= 15 is 0 Å². The number of carbonyl (C=O) groups excluding carboxylic acids is 1. The van der Waals surface area contributed by atoms with Crippen LogP contribution in [0.15, 0.2) is 18.2 Å². The summed E-state index contributed by atoms with van der Waals surface area (Å²) in [5.41, 5.74) is 2.34. The number of hydrogen-bond acceptors (Lipinski definition) is 3. The first kappa shape index (κ1) is 14.9. The number of benzene rings is 1. The lowest BCUT2D eigenvalue weighted by atomic mass is 10.1. The molecule has 20 heavy (non-hydrogen) atoms. The van der Waals surface area contributed by atoms with Gasteiger partial charge in [-0.05, 0) is 32.4 Å². The Kier molecular flexibility index (Phi) is 5.01. The first-order chi connectivity index (χ1) is 9.58. The third-order valence-corrected chi connectivity index (χ3v) is 3.73. The van der Waals surface area contributed by atoms with Gasteiger partial charge in [0, 0.05) is 25.7 Å². The molecule has 0 aromatic heterocycles. The molecule has 0 unspecified atom stereocenters. The third kappa shape index (κ3) is 3.73. The number of nitrogens with one attached hydrogen (secondary N) is 1. The minimum absolute atomic E-state index is 0.184. The van der Waals surface area contributed by atoms with E-state index in [9.17, 15) is 4.79 Å². The Balaban J connectivity index is 1.81. The fourth-order valence-electron chi connectivity index (χ4n) is 2.56. The Morgan fingerprint density at radius 1 is 1.45 bits per heavy atom. The number of aryl methyl sites for hydroxylation is 2. The molecule has 1 atom stereocenters. The molecule has 0 spiro atoms. The second kappa shape index (κ2) is 6.75. The molecule has 0 saturated carbocycles. The molecule has 0 aliphatic carbocycles. The van der Waals surface area contributed by atoms with E-state index in [0.29, 0.717) is 13.0 Å². The topological polar surface area (TPSA) is 41.6 Å². The average Bonchev–Trinajstić information content (AvgIpc) is 2.41. The Bertz CT molecular complexity index is 474. The summed E-state index contributed by atoms with van der Waals surface area (Å²) in [7, 11) is 0. The van der Waals surface area contributed by atoms with Crippen molar-refractivity contribution in [3.8, 4) is 5.75 Å². The van der Waals surface area contributed by atoms with Crippen LogP contribution in [0.3, 0.4) is 0 Å². The summed E-state index contributed by atoms with van der Waals surface area (Å²) < 4.78 is 5.73. The molecule has 1 N–H and O–H groups in total. The zero-order chi connectivity index (χ0) is 14.5. The van der Waals surface area contributed by atoms with Crippen molar-refractivity contribution in [2.24, 2.45) is 0 Å². The molecule has 0 radical (unpaired) electrons. The molecule has 1 aliphatic heterocycles. The summed E-state index contributed by atoms with van der Waals surface area (Å²) >= 11 is 0. The number of carbonyl (C=O) groups is 1.